The van der Waals surface area contributed by atoms with E-state index in [-0.39, 0.29) is 11.9 Å². The average molecular weight is 309 g/mol. The van der Waals surface area contributed by atoms with Gasteiger partial charge in [-0.25, -0.2) is 0 Å². The predicted molar refractivity (Wildman–Crippen MR) is 64.3 cm³/mol. The van der Waals surface area contributed by atoms with Gasteiger partial charge in [0.05, 0.1) is 8.45 Å². The van der Waals surface area contributed by atoms with Crippen LogP contribution in [0.15, 0.2) is 11.4 Å². The van der Waals surface area contributed by atoms with E-state index in [1.807, 2.05) is 32.3 Å². The molecule has 1 heterocycles. The molecule has 0 unspecified atom stereocenters. The highest BCUT2D eigenvalue weighted by Gasteiger charge is 2.15. The Labute approximate surface area is 96.1 Å². The van der Waals surface area contributed by atoms with E-state index in [0.29, 0.717) is 0 Å². The summed E-state index contributed by atoms with van der Waals surface area (Å²) >= 11 is 3.82. The lowest BCUT2D eigenvalue weighted by Crippen LogP contribution is -2.32. The molecule has 0 radical (unpaired) electrons. The Hall–Kier alpha value is -0.100. The summed E-state index contributed by atoms with van der Waals surface area (Å²) in [5, 5.41) is 1.91. The zero-order valence-electron chi connectivity index (χ0n) is 7.87. The first-order chi connectivity index (χ1) is 6.02. The minimum atomic E-state index is 0.106. The third-order valence-corrected chi connectivity index (χ3v) is 3.70. The monoisotopic (exact) mass is 309 g/mol. The summed E-state index contributed by atoms with van der Waals surface area (Å²) in [6.45, 7) is 4.02. The number of carbonyl (C=O) groups is 1. The molecule has 0 aromatic carbocycles. The van der Waals surface area contributed by atoms with E-state index in [0.717, 1.165) is 8.45 Å². The second kappa shape index (κ2) is 4.41. The van der Waals surface area contributed by atoms with Gasteiger partial charge < -0.3 is 4.90 Å². The van der Waals surface area contributed by atoms with E-state index in [2.05, 4.69) is 22.6 Å². The summed E-state index contributed by atoms with van der Waals surface area (Å²) in [5.41, 5.74) is 0.797. The van der Waals surface area contributed by atoms with Gasteiger partial charge in [0, 0.05) is 18.5 Å². The maximum Gasteiger partial charge on any atom is 0.254 e. The normalized spacial score (nSPS) is 10.5. The summed E-state index contributed by atoms with van der Waals surface area (Å²) in [7, 11) is 1.83. The first-order valence-electron chi connectivity index (χ1n) is 4.03. The molecular formula is C9H12INOS. The molecule has 1 rings (SSSR count). The Morgan fingerprint density at radius 1 is 1.62 bits per heavy atom. The summed E-state index contributed by atoms with van der Waals surface area (Å²) in [4.78, 5) is 13.5. The van der Waals surface area contributed by atoms with Crippen molar-refractivity contribution >= 4 is 39.8 Å². The Balaban J connectivity index is 2.79. The van der Waals surface area contributed by atoms with Crippen LogP contribution in [0.4, 0.5) is 0 Å². The predicted octanol–water partition coefficient (Wildman–Crippen LogP) is 2.83. The third kappa shape index (κ3) is 2.67. The number of amides is 1. The van der Waals surface area contributed by atoms with Gasteiger partial charge in [-0.05, 0) is 42.5 Å². The van der Waals surface area contributed by atoms with Gasteiger partial charge in [0.15, 0.2) is 0 Å². The van der Waals surface area contributed by atoms with Crippen molar-refractivity contribution in [2.45, 2.75) is 19.9 Å². The van der Waals surface area contributed by atoms with Gasteiger partial charge in [-0.1, -0.05) is 0 Å². The lowest BCUT2D eigenvalue weighted by Gasteiger charge is -2.20. The minimum Gasteiger partial charge on any atom is -0.339 e. The Morgan fingerprint density at radius 2 is 2.23 bits per heavy atom. The largest absolute Gasteiger partial charge is 0.339 e. The molecular weight excluding hydrogens is 297 g/mol. The van der Waals surface area contributed by atoms with E-state index in [1.54, 1.807) is 16.2 Å². The fraction of sp³-hybridized carbons (Fsp3) is 0.444. The summed E-state index contributed by atoms with van der Waals surface area (Å²) in [5.74, 6) is 0.106. The minimum absolute atomic E-state index is 0.106. The molecule has 0 aliphatic heterocycles. The summed E-state index contributed by atoms with van der Waals surface area (Å²) in [6.07, 6.45) is 0. The molecule has 1 aromatic rings. The van der Waals surface area contributed by atoms with E-state index < -0.39 is 0 Å². The van der Waals surface area contributed by atoms with E-state index in [4.69, 9.17) is 0 Å². The highest BCUT2D eigenvalue weighted by Crippen LogP contribution is 2.18. The number of rotatable bonds is 2. The number of thiophene rings is 1. The van der Waals surface area contributed by atoms with Crippen LogP contribution in [0.5, 0.6) is 0 Å². The van der Waals surface area contributed by atoms with Gasteiger partial charge in [-0.15, -0.1) is 11.3 Å². The molecule has 0 spiro atoms. The second-order valence-electron chi connectivity index (χ2n) is 3.15. The van der Waals surface area contributed by atoms with Crippen LogP contribution in [-0.2, 0) is 0 Å². The van der Waals surface area contributed by atoms with E-state index >= 15 is 0 Å². The highest BCUT2D eigenvalue weighted by atomic mass is 127. The molecule has 0 fully saturated rings. The molecule has 0 atom stereocenters. The molecule has 0 aliphatic rings. The molecule has 13 heavy (non-hydrogen) atoms. The Bertz CT molecular complexity index is 308. The zero-order valence-corrected chi connectivity index (χ0v) is 10.8. The van der Waals surface area contributed by atoms with Crippen LogP contribution in [0.25, 0.3) is 0 Å². The maximum atomic E-state index is 11.7. The van der Waals surface area contributed by atoms with Crippen molar-refractivity contribution in [3.05, 3.63) is 19.9 Å². The fourth-order valence-electron chi connectivity index (χ4n) is 0.860. The second-order valence-corrected chi connectivity index (χ2v) is 5.95. The SMILES string of the molecule is CC(C)N(C)C(=O)c1csc(I)c1. The van der Waals surface area contributed by atoms with Crippen LogP contribution in [0.3, 0.4) is 0 Å². The van der Waals surface area contributed by atoms with Gasteiger partial charge >= 0.3 is 0 Å². The number of hydrogen-bond acceptors (Lipinski definition) is 2. The molecule has 2 nitrogen and oxygen atoms in total. The number of halogens is 1. The first kappa shape index (κ1) is 11.0. The molecule has 1 aromatic heterocycles. The topological polar surface area (TPSA) is 20.3 Å². The van der Waals surface area contributed by atoms with Crippen LogP contribution in [0.2, 0.25) is 0 Å². The van der Waals surface area contributed by atoms with Gasteiger partial charge in [-0.3, -0.25) is 4.79 Å². The molecule has 72 valence electrons. The molecule has 0 saturated heterocycles. The molecule has 4 heteroatoms. The van der Waals surface area contributed by atoms with Gasteiger partial charge in [-0.2, -0.15) is 0 Å². The van der Waals surface area contributed by atoms with Crippen molar-refractivity contribution < 1.29 is 4.79 Å². The molecule has 0 saturated carbocycles. The van der Waals surface area contributed by atoms with Crippen molar-refractivity contribution in [3.63, 3.8) is 0 Å². The number of hydrogen-bond donors (Lipinski definition) is 0. The van der Waals surface area contributed by atoms with Crippen molar-refractivity contribution in [1.29, 1.82) is 0 Å². The van der Waals surface area contributed by atoms with Crippen LogP contribution >= 0.6 is 33.9 Å². The lowest BCUT2D eigenvalue weighted by molar-refractivity contribution is 0.0755. The van der Waals surface area contributed by atoms with Crippen molar-refractivity contribution in [1.82, 2.24) is 4.90 Å². The summed E-state index contributed by atoms with van der Waals surface area (Å²) < 4.78 is 1.15. The standard InChI is InChI=1S/C9H12INOS/c1-6(2)11(3)9(12)7-4-8(10)13-5-7/h4-6H,1-3H3. The molecule has 0 bridgehead atoms. The molecule has 0 aliphatic carbocycles. The highest BCUT2D eigenvalue weighted by molar-refractivity contribution is 14.1. The fourth-order valence-corrected chi connectivity index (χ4v) is 2.18. The molecule has 1 amide bonds. The third-order valence-electron chi connectivity index (χ3n) is 1.91. The maximum absolute atomic E-state index is 11.7. The Morgan fingerprint density at radius 3 is 2.62 bits per heavy atom. The van der Waals surface area contributed by atoms with Crippen molar-refractivity contribution in [2.75, 3.05) is 7.05 Å². The lowest BCUT2D eigenvalue weighted by atomic mass is 10.2. The quantitative estimate of drug-likeness (QED) is 0.769. The van der Waals surface area contributed by atoms with Gasteiger partial charge in [0.25, 0.3) is 5.91 Å². The first-order valence-corrected chi connectivity index (χ1v) is 5.99. The van der Waals surface area contributed by atoms with Gasteiger partial charge in [0.1, 0.15) is 0 Å². The number of nitrogens with zero attached hydrogens (tertiary/aromatic N) is 1. The smallest absolute Gasteiger partial charge is 0.254 e. The Kier molecular flexibility index (Phi) is 3.73. The summed E-state index contributed by atoms with van der Waals surface area (Å²) in [6, 6.07) is 2.18. The average Bonchev–Trinajstić information content (AvgIpc) is 2.49. The van der Waals surface area contributed by atoms with Gasteiger partial charge in [0.2, 0.25) is 0 Å². The van der Waals surface area contributed by atoms with Crippen LogP contribution in [-0.4, -0.2) is 23.9 Å². The van der Waals surface area contributed by atoms with Crippen LogP contribution in [0.1, 0.15) is 24.2 Å². The molecule has 0 N–H and O–H groups in total. The zero-order chi connectivity index (χ0) is 10.0. The van der Waals surface area contributed by atoms with Crippen molar-refractivity contribution in [3.8, 4) is 0 Å². The van der Waals surface area contributed by atoms with E-state index in [9.17, 15) is 4.79 Å². The van der Waals surface area contributed by atoms with Crippen molar-refractivity contribution in [2.24, 2.45) is 0 Å². The van der Waals surface area contributed by atoms with Crippen LogP contribution < -0.4 is 0 Å². The van der Waals surface area contributed by atoms with Crippen LogP contribution in [0, 0.1) is 2.88 Å². The van der Waals surface area contributed by atoms with E-state index in [1.165, 1.54) is 0 Å². The number of carbonyl (C=O) groups excluding carboxylic acids is 1.